The van der Waals surface area contributed by atoms with Crippen LogP contribution in [0.1, 0.15) is 12.5 Å². The van der Waals surface area contributed by atoms with E-state index in [-0.39, 0.29) is 5.91 Å². The Kier molecular flexibility index (Phi) is 4.82. The number of halogens is 1. The summed E-state index contributed by atoms with van der Waals surface area (Å²) in [6, 6.07) is 14.7. The topological polar surface area (TPSA) is 69.3 Å². The third-order valence-corrected chi connectivity index (χ3v) is 3.87. The van der Waals surface area contributed by atoms with Gasteiger partial charge in [0.05, 0.1) is 6.21 Å². The van der Waals surface area contributed by atoms with Gasteiger partial charge in [-0.1, -0.05) is 29.8 Å². The second kappa shape index (κ2) is 7.19. The minimum absolute atomic E-state index is 0.221. The lowest BCUT2D eigenvalue weighted by atomic mass is 10.2. The zero-order chi connectivity index (χ0) is 16.9. The summed E-state index contributed by atoms with van der Waals surface area (Å²) >= 11 is 5.84. The molecule has 1 unspecified atom stereocenters. The van der Waals surface area contributed by atoms with Crippen molar-refractivity contribution in [2.24, 2.45) is 5.10 Å². The van der Waals surface area contributed by atoms with Crippen molar-refractivity contribution in [3.8, 4) is 0 Å². The van der Waals surface area contributed by atoms with Gasteiger partial charge in [-0.3, -0.25) is 4.79 Å². The number of hydrazone groups is 1. The van der Waals surface area contributed by atoms with Crippen LogP contribution in [0.4, 0.5) is 5.69 Å². The Morgan fingerprint density at radius 1 is 1.21 bits per heavy atom. The van der Waals surface area contributed by atoms with Crippen LogP contribution in [0.15, 0.2) is 59.8 Å². The lowest BCUT2D eigenvalue weighted by Gasteiger charge is -2.13. The van der Waals surface area contributed by atoms with E-state index >= 15 is 0 Å². The molecular formula is C18H17ClN4O. The molecule has 0 fully saturated rings. The number of hydrogen-bond acceptors (Lipinski definition) is 3. The largest absolute Gasteiger partial charge is 0.374 e. The summed E-state index contributed by atoms with van der Waals surface area (Å²) in [6.45, 7) is 1.77. The molecule has 6 heteroatoms. The molecular weight excluding hydrogens is 324 g/mol. The number of hydrogen-bond donors (Lipinski definition) is 3. The van der Waals surface area contributed by atoms with E-state index < -0.39 is 6.04 Å². The summed E-state index contributed by atoms with van der Waals surface area (Å²) < 4.78 is 0. The highest BCUT2D eigenvalue weighted by Gasteiger charge is 2.11. The van der Waals surface area contributed by atoms with Crippen LogP contribution in [0.3, 0.4) is 0 Å². The maximum Gasteiger partial charge on any atom is 0.262 e. The smallest absolute Gasteiger partial charge is 0.262 e. The Balaban J connectivity index is 1.59. The summed E-state index contributed by atoms with van der Waals surface area (Å²) in [4.78, 5) is 15.2. The van der Waals surface area contributed by atoms with E-state index in [1.165, 1.54) is 0 Å². The molecule has 1 heterocycles. The van der Waals surface area contributed by atoms with Crippen molar-refractivity contribution >= 4 is 40.3 Å². The molecule has 122 valence electrons. The van der Waals surface area contributed by atoms with Gasteiger partial charge in [-0.15, -0.1) is 0 Å². The van der Waals surface area contributed by atoms with E-state index in [1.54, 1.807) is 25.3 Å². The van der Waals surface area contributed by atoms with Gasteiger partial charge in [0.25, 0.3) is 5.91 Å². The second-order valence-corrected chi connectivity index (χ2v) is 5.83. The fraction of sp³-hybridized carbons (Fsp3) is 0.111. The third-order valence-electron chi connectivity index (χ3n) is 3.62. The van der Waals surface area contributed by atoms with Crippen LogP contribution in [0.2, 0.25) is 5.02 Å². The van der Waals surface area contributed by atoms with E-state index in [1.807, 2.05) is 42.6 Å². The van der Waals surface area contributed by atoms with Crippen LogP contribution >= 0.6 is 11.6 Å². The standard InChI is InChI=1S/C18H17ClN4O/c1-12(22-15-8-6-14(19)7-9-15)18(24)23-21-11-13-10-20-17-5-3-2-4-16(13)17/h2-12,20,22H,1H3,(H,23,24)/b21-11+. The fourth-order valence-electron chi connectivity index (χ4n) is 2.32. The SMILES string of the molecule is CC(Nc1ccc(Cl)cc1)C(=O)N/N=C/c1c[nH]c2ccccc12. The molecule has 3 rings (SSSR count). The van der Waals surface area contributed by atoms with Gasteiger partial charge in [0.15, 0.2) is 0 Å². The molecule has 0 spiro atoms. The summed E-state index contributed by atoms with van der Waals surface area (Å²) in [5, 5.41) is 8.84. The van der Waals surface area contributed by atoms with Crippen LogP contribution < -0.4 is 10.7 Å². The maximum absolute atomic E-state index is 12.1. The Bertz CT molecular complexity index is 870. The van der Waals surface area contributed by atoms with Crippen molar-refractivity contribution in [1.29, 1.82) is 0 Å². The number of para-hydroxylation sites is 1. The third kappa shape index (κ3) is 3.75. The monoisotopic (exact) mass is 340 g/mol. The lowest BCUT2D eigenvalue weighted by Crippen LogP contribution is -2.34. The number of nitrogens with zero attached hydrogens (tertiary/aromatic N) is 1. The van der Waals surface area contributed by atoms with Gasteiger partial charge in [0.2, 0.25) is 0 Å². The number of fused-ring (bicyclic) bond motifs is 1. The van der Waals surface area contributed by atoms with Gasteiger partial charge >= 0.3 is 0 Å². The van der Waals surface area contributed by atoms with E-state index in [2.05, 4.69) is 20.8 Å². The lowest BCUT2D eigenvalue weighted by molar-refractivity contribution is -0.121. The van der Waals surface area contributed by atoms with Crippen molar-refractivity contribution in [2.45, 2.75) is 13.0 Å². The number of anilines is 1. The first-order valence-corrected chi connectivity index (χ1v) is 7.92. The predicted octanol–water partition coefficient (Wildman–Crippen LogP) is 3.77. The molecule has 5 nitrogen and oxygen atoms in total. The van der Waals surface area contributed by atoms with Gasteiger partial charge in [0, 0.05) is 33.4 Å². The average molecular weight is 341 g/mol. The van der Waals surface area contributed by atoms with Gasteiger partial charge in [0.1, 0.15) is 6.04 Å². The number of nitrogens with one attached hydrogen (secondary N) is 3. The van der Waals surface area contributed by atoms with E-state index in [4.69, 9.17) is 11.6 Å². The van der Waals surface area contributed by atoms with Gasteiger partial charge in [-0.25, -0.2) is 5.43 Å². The van der Waals surface area contributed by atoms with Crippen LogP contribution in [0.5, 0.6) is 0 Å². The van der Waals surface area contributed by atoms with Crippen molar-refractivity contribution in [2.75, 3.05) is 5.32 Å². The highest BCUT2D eigenvalue weighted by atomic mass is 35.5. The number of carbonyl (C=O) groups excluding carboxylic acids is 1. The first-order valence-electron chi connectivity index (χ1n) is 7.54. The van der Waals surface area contributed by atoms with Crippen molar-refractivity contribution in [3.63, 3.8) is 0 Å². The number of benzene rings is 2. The molecule has 0 radical (unpaired) electrons. The van der Waals surface area contributed by atoms with Crippen LogP contribution in [0.25, 0.3) is 10.9 Å². The molecule has 1 amide bonds. The van der Waals surface area contributed by atoms with Crippen molar-refractivity contribution in [3.05, 3.63) is 65.3 Å². The van der Waals surface area contributed by atoms with E-state index in [0.29, 0.717) is 5.02 Å². The minimum Gasteiger partial charge on any atom is -0.374 e. The molecule has 0 aliphatic carbocycles. The number of amides is 1. The first kappa shape index (κ1) is 16.1. The van der Waals surface area contributed by atoms with Crippen LogP contribution in [-0.4, -0.2) is 23.1 Å². The summed E-state index contributed by atoms with van der Waals surface area (Å²) in [5.41, 5.74) is 5.32. The Morgan fingerprint density at radius 3 is 2.75 bits per heavy atom. The summed E-state index contributed by atoms with van der Waals surface area (Å²) in [7, 11) is 0. The zero-order valence-corrected chi connectivity index (χ0v) is 13.8. The van der Waals surface area contributed by atoms with E-state index in [0.717, 1.165) is 22.2 Å². The average Bonchev–Trinajstić information content (AvgIpc) is 3.00. The summed E-state index contributed by atoms with van der Waals surface area (Å²) in [5.74, 6) is -0.221. The predicted molar refractivity (Wildman–Crippen MR) is 98.6 cm³/mol. The molecule has 0 saturated carbocycles. The zero-order valence-electron chi connectivity index (χ0n) is 13.1. The van der Waals surface area contributed by atoms with Gasteiger partial charge in [-0.05, 0) is 37.3 Å². The molecule has 3 aromatic rings. The summed E-state index contributed by atoms with van der Waals surface area (Å²) in [6.07, 6.45) is 3.49. The number of carbonyl (C=O) groups is 1. The van der Waals surface area contributed by atoms with E-state index in [9.17, 15) is 4.79 Å². The minimum atomic E-state index is -0.425. The van der Waals surface area contributed by atoms with Gasteiger partial charge in [-0.2, -0.15) is 5.10 Å². The number of aromatic nitrogens is 1. The number of aromatic amines is 1. The van der Waals surface area contributed by atoms with Gasteiger partial charge < -0.3 is 10.3 Å². The Labute approximate surface area is 144 Å². The molecule has 0 aliphatic heterocycles. The van der Waals surface area contributed by atoms with Crippen LogP contribution in [-0.2, 0) is 4.79 Å². The Hall–Kier alpha value is -2.79. The molecule has 0 aliphatic rings. The van der Waals surface area contributed by atoms with Crippen LogP contribution in [0, 0.1) is 0 Å². The molecule has 3 N–H and O–H groups in total. The highest BCUT2D eigenvalue weighted by Crippen LogP contribution is 2.16. The molecule has 0 bridgehead atoms. The van der Waals surface area contributed by atoms with Crippen molar-refractivity contribution < 1.29 is 4.79 Å². The molecule has 0 saturated heterocycles. The second-order valence-electron chi connectivity index (χ2n) is 5.40. The first-order chi connectivity index (χ1) is 11.6. The molecule has 24 heavy (non-hydrogen) atoms. The highest BCUT2D eigenvalue weighted by molar-refractivity contribution is 6.30. The van der Waals surface area contributed by atoms with Crippen molar-refractivity contribution in [1.82, 2.24) is 10.4 Å². The molecule has 1 aromatic heterocycles. The quantitative estimate of drug-likeness (QED) is 0.489. The Morgan fingerprint density at radius 2 is 1.96 bits per heavy atom. The number of H-pyrrole nitrogens is 1. The molecule has 1 atom stereocenters. The normalized spacial score (nSPS) is 12.4. The molecule has 2 aromatic carbocycles. The number of rotatable bonds is 5. The fourth-order valence-corrected chi connectivity index (χ4v) is 2.45. The maximum atomic E-state index is 12.1.